The van der Waals surface area contributed by atoms with E-state index in [0.717, 1.165) is 17.2 Å². The zero-order valence-electron chi connectivity index (χ0n) is 21.8. The second kappa shape index (κ2) is 10.7. The van der Waals surface area contributed by atoms with Crippen molar-refractivity contribution in [1.82, 2.24) is 40.6 Å². The first-order valence-electron chi connectivity index (χ1n) is 12.4. The van der Waals surface area contributed by atoms with Gasteiger partial charge in [0.05, 0.1) is 0 Å². The average Bonchev–Trinajstić information content (AvgIpc) is 3.72. The standard InChI is InChI=1S/C20H22FN10O9P2S2/c21-12-11-4-36-41(33,43)39-9-1-8(7-2-27-31-15(7)24-5-25-20(31)23)37-10(9)3-35-42(34,44)40-14(12)18(38-11)30-6-26-13-16(30)28-19(22)29-17(13)32/h1-2,4,6,12,15,20,24-25,27,33-34,43-44H,3,5,23H2,(H2-,22,28,29,32)/q+1/p+1/b11-4+/t12-,15?,20?,41?,42?/m1/s1. The van der Waals surface area contributed by atoms with Crippen molar-refractivity contribution in [3.8, 4) is 5.75 Å². The highest BCUT2D eigenvalue weighted by Gasteiger charge is 2.51. The molecule has 19 nitrogen and oxygen atoms in total. The predicted molar refractivity (Wildman–Crippen MR) is 158 cm³/mol. The molecule has 4 aliphatic heterocycles. The lowest BCUT2D eigenvalue weighted by Crippen LogP contribution is -2.68. The number of nitrogens with two attached hydrogens (primary N) is 2. The number of rotatable bonds is 2. The molecule has 0 spiro atoms. The number of nitrogens with one attached hydrogen (secondary N) is 4. The second-order valence-electron chi connectivity index (χ2n) is 9.40. The number of thiol groups is 2. The number of hydrazine groups is 1. The fraction of sp³-hybridized carbons (Fsp3) is 0.250. The first-order chi connectivity index (χ1) is 20.9. The third-order valence-corrected chi connectivity index (χ3v) is 9.39. The molecule has 0 saturated carbocycles. The van der Waals surface area contributed by atoms with Gasteiger partial charge in [0, 0.05) is 24.5 Å². The van der Waals surface area contributed by atoms with Gasteiger partial charge in [-0.05, 0) is 0 Å². The first-order valence-corrected chi connectivity index (χ1v) is 17.9. The average molecular weight is 693 g/mol. The summed E-state index contributed by atoms with van der Waals surface area (Å²) in [4.78, 5) is 44.5. The second-order valence-corrected chi connectivity index (χ2v) is 15.2. The number of nitrogens with zero attached hydrogens (tertiary/aromatic N) is 4. The fourth-order valence-electron chi connectivity index (χ4n) is 4.62. The Morgan fingerprint density at radius 3 is 2.84 bits per heavy atom. The van der Waals surface area contributed by atoms with E-state index in [9.17, 15) is 14.6 Å². The van der Waals surface area contributed by atoms with Gasteiger partial charge in [-0.25, -0.2) is 13.9 Å². The van der Waals surface area contributed by atoms with E-state index in [1.165, 1.54) is 6.07 Å². The Kier molecular flexibility index (Phi) is 7.22. The van der Waals surface area contributed by atoms with Crippen molar-refractivity contribution in [2.45, 2.75) is 25.2 Å². The van der Waals surface area contributed by atoms with Crippen molar-refractivity contribution in [3.05, 3.63) is 58.2 Å². The molecule has 2 bridgehead atoms. The van der Waals surface area contributed by atoms with E-state index in [1.54, 1.807) is 11.2 Å². The molecule has 5 atom stereocenters. The quantitative estimate of drug-likeness (QED) is 0.128. The van der Waals surface area contributed by atoms with Crippen LogP contribution in [0.15, 0.2) is 45.6 Å². The lowest BCUT2D eigenvalue weighted by atomic mass is 10.1. The van der Waals surface area contributed by atoms with Crippen LogP contribution >= 0.6 is 38.8 Å². The number of nitrogen functional groups attached to an aromatic ring is 1. The number of fused-ring (bicyclic) bond motifs is 5. The molecule has 0 aromatic carbocycles. The lowest BCUT2D eigenvalue weighted by Gasteiger charge is -2.37. The monoisotopic (exact) mass is 692 g/mol. The molecule has 7 rings (SSSR count). The highest BCUT2D eigenvalue weighted by molar-refractivity contribution is 8.47. The molecule has 4 aliphatic rings. The zero-order chi connectivity index (χ0) is 31.0. The summed E-state index contributed by atoms with van der Waals surface area (Å²) in [6.45, 7) is -0.118. The van der Waals surface area contributed by atoms with E-state index < -0.39 is 62.5 Å². The van der Waals surface area contributed by atoms with Gasteiger partial charge in [-0.3, -0.25) is 34.0 Å². The molecule has 0 amide bonds. The number of alkyl halides is 1. The number of aromatic amines is 1. The Morgan fingerprint density at radius 1 is 1.20 bits per heavy atom. The van der Waals surface area contributed by atoms with E-state index in [-0.39, 0.29) is 34.4 Å². The summed E-state index contributed by atoms with van der Waals surface area (Å²) < 4.78 is 50.5. The molecule has 1 saturated heterocycles. The molecule has 4 unspecified atom stereocenters. The van der Waals surface area contributed by atoms with Crippen LogP contribution in [0.2, 0.25) is 0 Å². The van der Waals surface area contributed by atoms with Crippen molar-refractivity contribution in [2.24, 2.45) is 5.73 Å². The Hall–Kier alpha value is -3.14. The van der Waals surface area contributed by atoms with E-state index in [1.807, 2.05) is 0 Å². The van der Waals surface area contributed by atoms with Gasteiger partial charge in [-0.15, -0.1) is 0 Å². The van der Waals surface area contributed by atoms with Crippen molar-refractivity contribution >= 4 is 67.4 Å². The highest BCUT2D eigenvalue weighted by atomic mass is 32.7. The molecular formula is C20H23FN10O9P2S2+2. The Balaban J connectivity index is 1.25. The van der Waals surface area contributed by atoms with Gasteiger partial charge >= 0.3 is 14.3 Å². The highest BCUT2D eigenvalue weighted by Crippen LogP contribution is 2.67. The summed E-state index contributed by atoms with van der Waals surface area (Å²) in [5, 5.41) is 7.94. The van der Waals surface area contributed by atoms with Crippen molar-refractivity contribution in [3.63, 3.8) is 0 Å². The van der Waals surface area contributed by atoms with Crippen molar-refractivity contribution in [2.75, 3.05) is 12.4 Å². The van der Waals surface area contributed by atoms with Gasteiger partial charge in [0.2, 0.25) is 17.9 Å². The third kappa shape index (κ3) is 5.26. The molecule has 0 aliphatic carbocycles. The summed E-state index contributed by atoms with van der Waals surface area (Å²) in [6, 6.07) is 1.45. The van der Waals surface area contributed by atoms with E-state index in [4.69, 9.17) is 38.7 Å². The minimum atomic E-state index is -4.20. The maximum absolute atomic E-state index is 15.7. The molecule has 0 radical (unpaired) electrons. The molecule has 3 aromatic heterocycles. The Labute approximate surface area is 256 Å². The van der Waals surface area contributed by atoms with Crippen LogP contribution < -0.4 is 37.6 Å². The Morgan fingerprint density at radius 2 is 2.02 bits per heavy atom. The van der Waals surface area contributed by atoms with Crippen molar-refractivity contribution in [1.29, 1.82) is 0 Å². The van der Waals surface area contributed by atoms with Gasteiger partial charge < -0.3 is 26.0 Å². The SMILES string of the molecule is Nc1nc2c(ncn2C2=C3O[P+](O)(S)OCc4oc(C5=CNN6C(N)NCNC56)cc4O[P+](O)(S)O/C=C(/O2)[C@H]3F)c(=O)[nH]1. The van der Waals surface area contributed by atoms with Gasteiger partial charge in [0.1, 0.15) is 49.0 Å². The van der Waals surface area contributed by atoms with Crippen LogP contribution in [0.4, 0.5) is 10.3 Å². The predicted octanol–water partition coefficient (Wildman–Crippen LogP) is 0.352. The number of imidazole rings is 1. The van der Waals surface area contributed by atoms with Crippen LogP contribution in [0, 0.1) is 0 Å². The molecule has 10 N–H and O–H groups in total. The summed E-state index contributed by atoms with van der Waals surface area (Å²) in [7, 11) is -8.27. The van der Waals surface area contributed by atoms with Gasteiger partial charge in [-0.1, -0.05) is 0 Å². The van der Waals surface area contributed by atoms with Crippen LogP contribution in [0.25, 0.3) is 22.6 Å². The van der Waals surface area contributed by atoms with Crippen LogP contribution in [0.5, 0.6) is 5.75 Å². The van der Waals surface area contributed by atoms with E-state index in [2.05, 4.69) is 55.5 Å². The molecule has 7 heterocycles. The van der Waals surface area contributed by atoms with E-state index >= 15 is 4.39 Å². The number of halogens is 1. The number of hydrogen-bond donors (Lipinski definition) is 10. The van der Waals surface area contributed by atoms with Gasteiger partial charge in [0.25, 0.3) is 17.2 Å². The third-order valence-electron chi connectivity index (χ3n) is 6.56. The lowest BCUT2D eigenvalue weighted by molar-refractivity contribution is 0.0584. The first kappa shape index (κ1) is 29.6. The molecule has 234 valence electrons. The zero-order valence-corrected chi connectivity index (χ0v) is 25.4. The molecular weight excluding hydrogens is 669 g/mol. The van der Waals surface area contributed by atoms with Crippen LogP contribution in [0.1, 0.15) is 11.5 Å². The number of ether oxygens (including phenoxy) is 1. The van der Waals surface area contributed by atoms with Crippen LogP contribution in [-0.2, 0) is 24.9 Å². The molecule has 1 fully saturated rings. The molecule has 44 heavy (non-hydrogen) atoms. The number of hydrogen-bond acceptors (Lipinski definition) is 19. The van der Waals surface area contributed by atoms with Crippen LogP contribution in [-0.4, -0.2) is 59.6 Å². The minimum Gasteiger partial charge on any atom is -0.454 e. The Bertz CT molecular complexity index is 1810. The summed E-state index contributed by atoms with van der Waals surface area (Å²) >= 11 is 8.23. The number of furan rings is 1. The maximum atomic E-state index is 15.7. The fourth-order valence-corrected chi connectivity index (χ4v) is 6.93. The smallest absolute Gasteiger partial charge is 0.454 e. The summed E-state index contributed by atoms with van der Waals surface area (Å²) in [5.74, 6) is -1.66. The van der Waals surface area contributed by atoms with Crippen LogP contribution in [0.3, 0.4) is 0 Å². The van der Waals surface area contributed by atoms with Gasteiger partial charge in [0.15, 0.2) is 35.6 Å². The number of aromatic nitrogens is 4. The summed E-state index contributed by atoms with van der Waals surface area (Å²) in [6.07, 6.45) is 0.357. The van der Waals surface area contributed by atoms with Crippen molar-refractivity contribution < 1.29 is 41.4 Å². The largest absolute Gasteiger partial charge is 0.563 e. The van der Waals surface area contributed by atoms with E-state index in [0.29, 0.717) is 12.2 Å². The normalized spacial score (nSPS) is 31.9. The molecule has 24 heteroatoms. The number of anilines is 1. The van der Waals surface area contributed by atoms with Gasteiger partial charge in [-0.2, -0.15) is 24.3 Å². The molecule has 3 aromatic rings. The maximum Gasteiger partial charge on any atom is 0.563 e. The minimum absolute atomic E-state index is 0.0245. The topological polar surface area (TPSA) is 255 Å². The summed E-state index contributed by atoms with van der Waals surface area (Å²) in [5.41, 5.74) is 14.5. The number of H-pyrrole nitrogens is 1.